The van der Waals surface area contributed by atoms with E-state index < -0.39 is 0 Å². The third-order valence-corrected chi connectivity index (χ3v) is 8.92. The van der Waals surface area contributed by atoms with Crippen molar-refractivity contribution in [2.24, 2.45) is 11.8 Å². The average molecular weight is 491 g/mol. The number of nitriles is 1. The zero-order chi connectivity index (χ0) is 24.3. The maximum Gasteiger partial charge on any atom is 0.263 e. The van der Waals surface area contributed by atoms with Crippen LogP contribution in [0, 0.1) is 35.9 Å². The average Bonchev–Trinajstić information content (AvgIpc) is 3.36. The first-order valence-electron chi connectivity index (χ1n) is 12.2. The number of thiophene rings is 1. The van der Waals surface area contributed by atoms with E-state index in [1.54, 1.807) is 12.3 Å². The molecule has 3 heterocycles. The number of aryl methyl sites for hydroxylation is 1. The molecule has 1 amide bonds. The van der Waals surface area contributed by atoms with E-state index >= 15 is 4.39 Å². The lowest BCUT2D eigenvalue weighted by Gasteiger charge is -2.36. The number of benzene rings is 1. The molecule has 2 aliphatic carbocycles. The first-order valence-corrected chi connectivity index (χ1v) is 13.0. The summed E-state index contributed by atoms with van der Waals surface area (Å²) in [6, 6.07) is 3.70. The van der Waals surface area contributed by atoms with E-state index in [2.05, 4.69) is 26.3 Å². The highest BCUT2D eigenvalue weighted by Crippen LogP contribution is 2.41. The molecular formula is C26H27FN6OS. The molecule has 3 aliphatic rings. The van der Waals surface area contributed by atoms with Crippen molar-refractivity contribution in [3.05, 3.63) is 45.3 Å². The van der Waals surface area contributed by atoms with Crippen molar-refractivity contribution in [3.8, 4) is 6.07 Å². The van der Waals surface area contributed by atoms with Crippen LogP contribution in [0.15, 0.2) is 12.3 Å². The van der Waals surface area contributed by atoms with Gasteiger partial charge in [-0.1, -0.05) is 0 Å². The predicted molar refractivity (Wildman–Crippen MR) is 134 cm³/mol. The summed E-state index contributed by atoms with van der Waals surface area (Å²) in [4.78, 5) is 25.0. The SMILES string of the molecule is Cc1cnc2c(N)c(C(=O)N[C@H]3CCc4c(C#N)c(N5CC6CCC(C6)C5)cc(F)c4C3)sc2n1. The zero-order valence-electron chi connectivity index (χ0n) is 19.6. The van der Waals surface area contributed by atoms with Gasteiger partial charge in [-0.3, -0.25) is 4.79 Å². The molecule has 0 spiro atoms. The second-order valence-corrected chi connectivity index (χ2v) is 11.2. The number of aromatic nitrogens is 2. The molecular weight excluding hydrogens is 463 g/mol. The Labute approximate surface area is 207 Å². The largest absolute Gasteiger partial charge is 0.396 e. The summed E-state index contributed by atoms with van der Waals surface area (Å²) in [5.74, 6) is 0.722. The van der Waals surface area contributed by atoms with Crippen LogP contribution in [-0.4, -0.2) is 35.0 Å². The molecule has 1 aliphatic heterocycles. The van der Waals surface area contributed by atoms with Crippen LogP contribution < -0.4 is 16.0 Å². The van der Waals surface area contributed by atoms with Gasteiger partial charge in [0.1, 0.15) is 27.1 Å². The number of carbonyl (C=O) groups excluding carboxylic acids is 1. The number of nitrogens with one attached hydrogen (secondary N) is 1. The second kappa shape index (κ2) is 8.45. The molecule has 1 saturated heterocycles. The molecule has 180 valence electrons. The summed E-state index contributed by atoms with van der Waals surface area (Å²) < 4.78 is 15.4. The van der Waals surface area contributed by atoms with Gasteiger partial charge in [0.05, 0.1) is 22.6 Å². The van der Waals surface area contributed by atoms with Gasteiger partial charge in [0.2, 0.25) is 0 Å². The van der Waals surface area contributed by atoms with Crippen LogP contribution in [0.1, 0.15) is 57.7 Å². The monoisotopic (exact) mass is 490 g/mol. The number of nitrogens with zero attached hydrogens (tertiary/aromatic N) is 4. The first kappa shape index (κ1) is 22.2. The molecule has 9 heteroatoms. The summed E-state index contributed by atoms with van der Waals surface area (Å²) in [5, 5.41) is 13.1. The van der Waals surface area contributed by atoms with Crippen molar-refractivity contribution in [3.63, 3.8) is 0 Å². The van der Waals surface area contributed by atoms with E-state index in [1.807, 2.05) is 6.92 Å². The van der Waals surface area contributed by atoms with Crippen LogP contribution in [0.25, 0.3) is 10.3 Å². The minimum absolute atomic E-state index is 0.236. The van der Waals surface area contributed by atoms with Gasteiger partial charge in [0, 0.05) is 25.3 Å². The molecule has 1 aromatic carbocycles. The van der Waals surface area contributed by atoms with E-state index in [-0.39, 0.29) is 17.8 Å². The lowest BCUT2D eigenvalue weighted by atomic mass is 9.84. The maximum atomic E-state index is 15.4. The summed E-state index contributed by atoms with van der Waals surface area (Å²) in [7, 11) is 0. The summed E-state index contributed by atoms with van der Waals surface area (Å²) >= 11 is 1.22. The maximum absolute atomic E-state index is 15.4. The number of carbonyl (C=O) groups is 1. The molecule has 6 rings (SSSR count). The Morgan fingerprint density at radius 2 is 2.06 bits per heavy atom. The van der Waals surface area contributed by atoms with Crippen molar-refractivity contribution >= 4 is 39.0 Å². The van der Waals surface area contributed by atoms with Gasteiger partial charge in [0.15, 0.2) is 0 Å². The molecule has 2 fully saturated rings. The third kappa shape index (κ3) is 3.80. The van der Waals surface area contributed by atoms with Crippen molar-refractivity contribution in [1.82, 2.24) is 15.3 Å². The number of fused-ring (bicyclic) bond motifs is 4. The Morgan fingerprint density at radius 3 is 2.80 bits per heavy atom. The standard InChI is InChI=1S/C26H27FN6OS/c1-13-10-30-23-22(29)24(35-26(23)31-13)25(34)32-16-4-5-17-18(7-16)20(27)8-21(19(17)9-28)33-11-14-2-3-15(6-14)12-33/h8,10,14-16H,2-7,11-12,29H2,1H3,(H,32,34)/t14?,15?,16-/m0/s1. The van der Waals surface area contributed by atoms with Gasteiger partial charge >= 0.3 is 0 Å². The third-order valence-electron chi connectivity index (χ3n) is 7.83. The summed E-state index contributed by atoms with van der Waals surface area (Å²) in [5.41, 5.74) is 10.5. The number of nitrogens with two attached hydrogens (primary N) is 1. The van der Waals surface area contributed by atoms with Gasteiger partial charge in [-0.25, -0.2) is 14.4 Å². The van der Waals surface area contributed by atoms with E-state index in [4.69, 9.17) is 5.73 Å². The highest BCUT2D eigenvalue weighted by molar-refractivity contribution is 7.21. The normalized spacial score (nSPS) is 23.2. The number of rotatable bonds is 3. The van der Waals surface area contributed by atoms with E-state index in [0.717, 1.165) is 30.0 Å². The highest BCUT2D eigenvalue weighted by atomic mass is 32.1. The Balaban J connectivity index is 1.24. The smallest absolute Gasteiger partial charge is 0.263 e. The number of anilines is 2. The van der Waals surface area contributed by atoms with Crippen LogP contribution in [0.3, 0.4) is 0 Å². The Kier molecular flexibility index (Phi) is 5.37. The number of hydrogen-bond acceptors (Lipinski definition) is 7. The van der Waals surface area contributed by atoms with Crippen LogP contribution >= 0.6 is 11.3 Å². The van der Waals surface area contributed by atoms with Crippen molar-refractivity contribution < 1.29 is 9.18 Å². The first-order chi connectivity index (χ1) is 16.9. The molecule has 1 saturated carbocycles. The van der Waals surface area contributed by atoms with Crippen LogP contribution in [0.4, 0.5) is 15.8 Å². The minimum Gasteiger partial charge on any atom is -0.396 e. The molecule has 7 nitrogen and oxygen atoms in total. The molecule has 3 aromatic rings. The molecule has 35 heavy (non-hydrogen) atoms. The van der Waals surface area contributed by atoms with Crippen LogP contribution in [0.2, 0.25) is 0 Å². The predicted octanol–water partition coefficient (Wildman–Crippen LogP) is 4.12. The lowest BCUT2D eigenvalue weighted by Crippen LogP contribution is -2.40. The Morgan fingerprint density at radius 1 is 1.29 bits per heavy atom. The topological polar surface area (TPSA) is 108 Å². The molecule has 2 unspecified atom stereocenters. The van der Waals surface area contributed by atoms with Gasteiger partial charge in [0.25, 0.3) is 5.91 Å². The minimum atomic E-state index is -0.292. The number of halogens is 1. The second-order valence-electron chi connectivity index (χ2n) is 10.2. The summed E-state index contributed by atoms with van der Waals surface area (Å²) in [6.45, 7) is 3.65. The van der Waals surface area contributed by atoms with Crippen LogP contribution in [-0.2, 0) is 12.8 Å². The van der Waals surface area contributed by atoms with Crippen molar-refractivity contribution in [1.29, 1.82) is 5.26 Å². The molecule has 2 aromatic heterocycles. The van der Waals surface area contributed by atoms with Gasteiger partial charge in [-0.05, 0) is 74.5 Å². The summed E-state index contributed by atoms with van der Waals surface area (Å²) in [6.07, 6.45) is 6.89. The number of piperidine rings is 1. The number of nitrogen functional groups attached to an aromatic ring is 1. The zero-order valence-corrected chi connectivity index (χ0v) is 20.4. The molecule has 2 bridgehead atoms. The van der Waals surface area contributed by atoms with E-state index in [9.17, 15) is 10.1 Å². The number of hydrogen-bond donors (Lipinski definition) is 2. The Bertz CT molecular complexity index is 1380. The van der Waals surface area contributed by atoms with Crippen molar-refractivity contribution in [2.75, 3.05) is 23.7 Å². The lowest BCUT2D eigenvalue weighted by molar-refractivity contribution is 0.0938. The van der Waals surface area contributed by atoms with E-state index in [0.29, 0.717) is 63.1 Å². The van der Waals surface area contributed by atoms with Crippen molar-refractivity contribution in [2.45, 2.75) is 51.5 Å². The van der Waals surface area contributed by atoms with Crippen LogP contribution in [0.5, 0.6) is 0 Å². The number of amides is 1. The fourth-order valence-electron chi connectivity index (χ4n) is 6.18. The quantitative estimate of drug-likeness (QED) is 0.572. The van der Waals surface area contributed by atoms with E-state index in [1.165, 1.54) is 30.6 Å². The van der Waals surface area contributed by atoms with Gasteiger partial charge in [-0.2, -0.15) is 5.26 Å². The molecule has 0 radical (unpaired) electrons. The fraction of sp³-hybridized carbons (Fsp3) is 0.462. The Hall–Kier alpha value is -3.25. The molecule has 3 N–H and O–H groups in total. The van der Waals surface area contributed by atoms with Gasteiger partial charge in [-0.15, -0.1) is 11.3 Å². The highest BCUT2D eigenvalue weighted by Gasteiger charge is 2.35. The fourth-order valence-corrected chi connectivity index (χ4v) is 7.19. The van der Waals surface area contributed by atoms with Gasteiger partial charge < -0.3 is 16.0 Å². The molecule has 3 atom stereocenters.